The Labute approximate surface area is 136 Å². The maximum atomic E-state index is 12.9. The van der Waals surface area contributed by atoms with Crippen molar-refractivity contribution in [3.8, 4) is 0 Å². The van der Waals surface area contributed by atoms with Gasteiger partial charge in [0, 0.05) is 5.39 Å². The van der Waals surface area contributed by atoms with Gasteiger partial charge in [0.1, 0.15) is 5.56 Å². The molecule has 122 valence electrons. The number of hydrogen-bond donors (Lipinski definition) is 2. The summed E-state index contributed by atoms with van der Waals surface area (Å²) in [7, 11) is -4.28. The van der Waals surface area contributed by atoms with Crippen LogP contribution in [0.25, 0.3) is 10.9 Å². The summed E-state index contributed by atoms with van der Waals surface area (Å²) < 4.78 is 26.4. The summed E-state index contributed by atoms with van der Waals surface area (Å²) in [6.07, 6.45) is 0. The van der Waals surface area contributed by atoms with Crippen molar-refractivity contribution < 1.29 is 28.2 Å². The standard InChI is InChI=1S/C16H11NO6S/c18-15(19)13-11-8-4-5-9-12(11)17(14(13)16(20)21)24(22,23)10-6-2-1-3-7-10/h1-9H,(H,18,19)(H,20,21). The molecular formula is C16H11NO6S. The van der Waals surface area contributed by atoms with Crippen LogP contribution in [0.2, 0.25) is 0 Å². The molecule has 7 nitrogen and oxygen atoms in total. The molecule has 0 fully saturated rings. The smallest absolute Gasteiger partial charge is 0.354 e. The van der Waals surface area contributed by atoms with Crippen LogP contribution < -0.4 is 0 Å². The Morgan fingerprint density at radius 3 is 2.00 bits per heavy atom. The molecule has 0 saturated heterocycles. The molecule has 0 amide bonds. The van der Waals surface area contributed by atoms with Crippen LogP contribution in [-0.2, 0) is 10.0 Å². The van der Waals surface area contributed by atoms with E-state index in [2.05, 4.69) is 0 Å². The van der Waals surface area contributed by atoms with Gasteiger partial charge in [0.25, 0.3) is 10.0 Å². The molecule has 8 heteroatoms. The molecule has 0 aliphatic carbocycles. The summed E-state index contributed by atoms with van der Waals surface area (Å²) in [5.74, 6) is -3.14. The zero-order valence-electron chi connectivity index (χ0n) is 12.1. The summed E-state index contributed by atoms with van der Waals surface area (Å²) in [6.45, 7) is 0. The topological polar surface area (TPSA) is 114 Å². The lowest BCUT2D eigenvalue weighted by Crippen LogP contribution is -2.20. The lowest BCUT2D eigenvalue weighted by Gasteiger charge is -2.10. The van der Waals surface area contributed by atoms with Crippen molar-refractivity contribution in [2.24, 2.45) is 0 Å². The number of carboxylic acid groups (broad SMARTS) is 2. The van der Waals surface area contributed by atoms with Gasteiger partial charge in [-0.15, -0.1) is 0 Å². The number of fused-ring (bicyclic) bond motifs is 1. The van der Waals surface area contributed by atoms with Crippen molar-refractivity contribution in [3.05, 3.63) is 65.9 Å². The predicted molar refractivity (Wildman–Crippen MR) is 84.9 cm³/mol. The minimum absolute atomic E-state index is 0.00356. The first-order valence-electron chi connectivity index (χ1n) is 6.76. The van der Waals surface area contributed by atoms with Crippen LogP contribution in [0, 0.1) is 0 Å². The molecule has 0 saturated carbocycles. The minimum atomic E-state index is -4.28. The zero-order valence-corrected chi connectivity index (χ0v) is 12.9. The van der Waals surface area contributed by atoms with E-state index in [9.17, 15) is 28.2 Å². The van der Waals surface area contributed by atoms with Crippen molar-refractivity contribution >= 4 is 32.9 Å². The number of nitrogens with zero attached hydrogens (tertiary/aromatic N) is 1. The molecule has 1 heterocycles. The molecule has 0 aliphatic heterocycles. The van der Waals surface area contributed by atoms with E-state index in [1.54, 1.807) is 6.07 Å². The number of rotatable bonds is 4. The molecule has 2 aromatic carbocycles. The summed E-state index contributed by atoms with van der Waals surface area (Å²) in [5, 5.41) is 18.9. The predicted octanol–water partition coefficient (Wildman–Crippen LogP) is 2.27. The number of aromatic carboxylic acids is 2. The van der Waals surface area contributed by atoms with E-state index in [0.717, 1.165) is 0 Å². The number of carbonyl (C=O) groups is 2. The fourth-order valence-electron chi connectivity index (χ4n) is 2.57. The molecule has 1 aromatic heterocycles. The fourth-order valence-corrected chi connectivity index (χ4v) is 4.11. The second-order valence-electron chi connectivity index (χ2n) is 4.93. The van der Waals surface area contributed by atoms with Crippen LogP contribution in [0.1, 0.15) is 20.8 Å². The maximum absolute atomic E-state index is 12.9. The van der Waals surface area contributed by atoms with Crippen molar-refractivity contribution in [2.45, 2.75) is 4.90 Å². The average Bonchev–Trinajstić information content (AvgIpc) is 2.92. The van der Waals surface area contributed by atoms with Crippen molar-refractivity contribution in [3.63, 3.8) is 0 Å². The van der Waals surface area contributed by atoms with Gasteiger partial charge in [-0.1, -0.05) is 36.4 Å². The number of para-hydroxylation sites is 1. The third kappa shape index (κ3) is 2.24. The lowest BCUT2D eigenvalue weighted by molar-refractivity contribution is 0.0648. The summed E-state index contributed by atoms with van der Waals surface area (Å²) in [5.41, 5.74) is -1.36. The lowest BCUT2D eigenvalue weighted by atomic mass is 10.1. The molecule has 0 spiro atoms. The van der Waals surface area contributed by atoms with Crippen LogP contribution in [0.5, 0.6) is 0 Å². The van der Waals surface area contributed by atoms with E-state index in [1.165, 1.54) is 48.5 Å². The van der Waals surface area contributed by atoms with Crippen LogP contribution in [0.3, 0.4) is 0 Å². The van der Waals surface area contributed by atoms with Gasteiger partial charge in [0.15, 0.2) is 5.69 Å². The molecule has 0 unspecified atom stereocenters. The molecule has 0 atom stereocenters. The van der Waals surface area contributed by atoms with E-state index in [1.807, 2.05) is 0 Å². The Morgan fingerprint density at radius 1 is 0.833 bits per heavy atom. The highest BCUT2D eigenvalue weighted by Gasteiger charge is 2.33. The molecule has 0 aliphatic rings. The van der Waals surface area contributed by atoms with Gasteiger partial charge in [-0.3, -0.25) is 0 Å². The monoisotopic (exact) mass is 345 g/mol. The number of carboxylic acids is 2. The van der Waals surface area contributed by atoms with Gasteiger partial charge < -0.3 is 10.2 Å². The summed E-state index contributed by atoms with van der Waals surface area (Å²) >= 11 is 0. The fraction of sp³-hybridized carbons (Fsp3) is 0. The van der Waals surface area contributed by atoms with Crippen molar-refractivity contribution in [1.82, 2.24) is 3.97 Å². The van der Waals surface area contributed by atoms with E-state index < -0.39 is 33.2 Å². The molecule has 3 rings (SSSR count). The van der Waals surface area contributed by atoms with Crippen LogP contribution >= 0.6 is 0 Å². The van der Waals surface area contributed by atoms with Gasteiger partial charge in [-0.2, -0.15) is 0 Å². The first-order chi connectivity index (χ1) is 11.4. The van der Waals surface area contributed by atoms with E-state index in [4.69, 9.17) is 0 Å². The maximum Gasteiger partial charge on any atom is 0.354 e. The molecule has 3 aromatic rings. The van der Waals surface area contributed by atoms with E-state index in [0.29, 0.717) is 3.97 Å². The largest absolute Gasteiger partial charge is 0.478 e. The second kappa shape index (κ2) is 5.50. The van der Waals surface area contributed by atoms with E-state index in [-0.39, 0.29) is 15.8 Å². The van der Waals surface area contributed by atoms with Crippen molar-refractivity contribution in [1.29, 1.82) is 0 Å². The van der Waals surface area contributed by atoms with Crippen LogP contribution in [0.4, 0.5) is 0 Å². The van der Waals surface area contributed by atoms with E-state index >= 15 is 0 Å². The minimum Gasteiger partial charge on any atom is -0.478 e. The van der Waals surface area contributed by atoms with Crippen molar-refractivity contribution in [2.75, 3.05) is 0 Å². The Hall–Kier alpha value is -3.13. The summed E-state index contributed by atoms with van der Waals surface area (Å²) in [4.78, 5) is 23.1. The number of aromatic nitrogens is 1. The summed E-state index contributed by atoms with van der Waals surface area (Å²) in [6, 6.07) is 13.0. The SMILES string of the molecule is O=C(O)c1c(C(=O)O)n(S(=O)(=O)c2ccccc2)c2ccccc12. The highest BCUT2D eigenvalue weighted by molar-refractivity contribution is 7.90. The first-order valence-corrected chi connectivity index (χ1v) is 8.20. The molecule has 2 N–H and O–H groups in total. The van der Waals surface area contributed by atoms with Gasteiger partial charge in [-0.25, -0.2) is 22.0 Å². The number of hydrogen-bond acceptors (Lipinski definition) is 4. The molecule has 24 heavy (non-hydrogen) atoms. The van der Waals surface area contributed by atoms with Gasteiger partial charge in [-0.05, 0) is 18.2 Å². The molecule has 0 radical (unpaired) electrons. The average molecular weight is 345 g/mol. The normalized spacial score (nSPS) is 11.5. The third-order valence-electron chi connectivity index (χ3n) is 3.53. The Bertz CT molecular complexity index is 1070. The third-order valence-corrected chi connectivity index (χ3v) is 5.26. The van der Waals surface area contributed by atoms with Gasteiger partial charge >= 0.3 is 11.9 Å². The Morgan fingerprint density at radius 2 is 1.42 bits per heavy atom. The van der Waals surface area contributed by atoms with Gasteiger partial charge in [0.2, 0.25) is 0 Å². The molecule has 0 bridgehead atoms. The highest BCUT2D eigenvalue weighted by Crippen LogP contribution is 2.30. The Balaban J connectivity index is 2.51. The Kier molecular flexibility index (Phi) is 3.61. The highest BCUT2D eigenvalue weighted by atomic mass is 32.2. The van der Waals surface area contributed by atoms with Crippen LogP contribution in [0.15, 0.2) is 59.5 Å². The second-order valence-corrected chi connectivity index (χ2v) is 6.72. The van der Waals surface area contributed by atoms with Crippen LogP contribution in [-0.4, -0.2) is 34.5 Å². The number of benzene rings is 2. The quantitative estimate of drug-likeness (QED) is 0.750. The first kappa shape index (κ1) is 15.8. The molecular weight excluding hydrogens is 334 g/mol. The zero-order chi connectivity index (χ0) is 17.5. The van der Waals surface area contributed by atoms with Gasteiger partial charge in [0.05, 0.1) is 10.4 Å².